The van der Waals surface area contributed by atoms with Crippen LogP contribution in [0.1, 0.15) is 23.7 Å². The minimum absolute atomic E-state index is 0.268. The van der Waals surface area contributed by atoms with E-state index in [4.69, 9.17) is 5.73 Å². The average Bonchev–Trinajstić information content (AvgIpc) is 3.04. The van der Waals surface area contributed by atoms with Crippen molar-refractivity contribution in [3.63, 3.8) is 0 Å². The van der Waals surface area contributed by atoms with Gasteiger partial charge in [-0.3, -0.25) is 0 Å². The van der Waals surface area contributed by atoms with E-state index in [1.54, 1.807) is 17.4 Å². The van der Waals surface area contributed by atoms with Gasteiger partial charge in [0, 0.05) is 17.5 Å². The molecule has 5 heteroatoms. The van der Waals surface area contributed by atoms with Crippen molar-refractivity contribution < 1.29 is 4.39 Å². The second kappa shape index (κ2) is 4.75. The highest BCUT2D eigenvalue weighted by Gasteiger charge is 2.18. The molecular formula is C14H14FN3S. The van der Waals surface area contributed by atoms with Gasteiger partial charge in [-0.05, 0) is 30.5 Å². The van der Waals surface area contributed by atoms with E-state index in [0.29, 0.717) is 5.52 Å². The first-order chi connectivity index (χ1) is 9.20. The van der Waals surface area contributed by atoms with Crippen LogP contribution in [0.25, 0.3) is 11.0 Å². The van der Waals surface area contributed by atoms with Crippen LogP contribution in [0.3, 0.4) is 0 Å². The van der Waals surface area contributed by atoms with Crippen LogP contribution in [0.15, 0.2) is 35.7 Å². The van der Waals surface area contributed by atoms with E-state index in [0.717, 1.165) is 22.8 Å². The quantitative estimate of drug-likeness (QED) is 0.797. The van der Waals surface area contributed by atoms with Crippen LogP contribution in [0.5, 0.6) is 0 Å². The molecule has 0 saturated heterocycles. The maximum Gasteiger partial charge on any atom is 0.132 e. The number of aryl methyl sites for hydroxylation is 1. The van der Waals surface area contributed by atoms with Crippen molar-refractivity contribution in [3.8, 4) is 0 Å². The lowest BCUT2D eigenvalue weighted by atomic mass is 10.2. The minimum atomic E-state index is -0.274. The fourth-order valence-electron chi connectivity index (χ4n) is 2.29. The van der Waals surface area contributed by atoms with E-state index < -0.39 is 0 Å². The van der Waals surface area contributed by atoms with Crippen molar-refractivity contribution in [3.05, 3.63) is 52.2 Å². The predicted molar refractivity (Wildman–Crippen MR) is 75.7 cm³/mol. The minimum Gasteiger partial charge on any atom is -0.327 e. The van der Waals surface area contributed by atoms with Crippen molar-refractivity contribution >= 4 is 22.4 Å². The Bertz CT molecular complexity index is 703. The molecule has 0 aliphatic heterocycles. The maximum atomic E-state index is 13.3. The summed E-state index contributed by atoms with van der Waals surface area (Å²) in [4.78, 5) is 5.57. The van der Waals surface area contributed by atoms with Crippen LogP contribution in [-0.2, 0) is 6.54 Å². The Morgan fingerprint density at radius 3 is 2.95 bits per heavy atom. The second-order valence-corrected chi connectivity index (χ2v) is 5.32. The second-order valence-electron chi connectivity index (χ2n) is 4.34. The number of aromatic nitrogens is 2. The molecule has 3 aromatic rings. The summed E-state index contributed by atoms with van der Waals surface area (Å²) in [7, 11) is 0. The van der Waals surface area contributed by atoms with Crippen molar-refractivity contribution in [1.82, 2.24) is 9.55 Å². The number of nitrogens with zero attached hydrogens (tertiary/aromatic N) is 2. The first kappa shape index (κ1) is 12.3. The molecule has 1 atom stereocenters. The van der Waals surface area contributed by atoms with Crippen molar-refractivity contribution in [2.45, 2.75) is 19.5 Å². The highest BCUT2D eigenvalue weighted by Crippen LogP contribution is 2.27. The first-order valence-electron chi connectivity index (χ1n) is 6.15. The van der Waals surface area contributed by atoms with E-state index in [1.807, 2.05) is 29.0 Å². The SMILES string of the molecule is CCn1c(C(N)c2cccs2)nc2cc(F)ccc21. The van der Waals surface area contributed by atoms with E-state index in [1.165, 1.54) is 12.1 Å². The van der Waals surface area contributed by atoms with E-state index >= 15 is 0 Å². The molecule has 2 aromatic heterocycles. The number of hydrogen-bond acceptors (Lipinski definition) is 3. The monoisotopic (exact) mass is 275 g/mol. The lowest BCUT2D eigenvalue weighted by Gasteiger charge is -2.11. The Morgan fingerprint density at radius 1 is 1.42 bits per heavy atom. The third-order valence-corrected chi connectivity index (χ3v) is 4.14. The number of imidazole rings is 1. The van der Waals surface area contributed by atoms with Gasteiger partial charge in [0.15, 0.2) is 0 Å². The first-order valence-corrected chi connectivity index (χ1v) is 7.03. The molecule has 1 unspecified atom stereocenters. The lowest BCUT2D eigenvalue weighted by molar-refractivity contribution is 0.629. The highest BCUT2D eigenvalue weighted by molar-refractivity contribution is 7.10. The van der Waals surface area contributed by atoms with E-state index in [2.05, 4.69) is 4.98 Å². The molecule has 2 N–H and O–H groups in total. The van der Waals surface area contributed by atoms with Crippen LogP contribution in [0.2, 0.25) is 0 Å². The topological polar surface area (TPSA) is 43.8 Å². The molecule has 19 heavy (non-hydrogen) atoms. The molecule has 0 aliphatic carbocycles. The molecule has 98 valence electrons. The van der Waals surface area contributed by atoms with Gasteiger partial charge < -0.3 is 10.3 Å². The zero-order valence-electron chi connectivity index (χ0n) is 10.5. The van der Waals surface area contributed by atoms with Gasteiger partial charge in [0.25, 0.3) is 0 Å². The average molecular weight is 275 g/mol. The zero-order valence-corrected chi connectivity index (χ0v) is 11.3. The summed E-state index contributed by atoms with van der Waals surface area (Å²) >= 11 is 1.61. The van der Waals surface area contributed by atoms with E-state index in [-0.39, 0.29) is 11.9 Å². The van der Waals surface area contributed by atoms with Gasteiger partial charge in [0.2, 0.25) is 0 Å². The third kappa shape index (κ3) is 2.05. The molecule has 3 rings (SSSR count). The summed E-state index contributed by atoms with van der Waals surface area (Å²) in [6, 6.07) is 8.36. The predicted octanol–water partition coefficient (Wildman–Crippen LogP) is 3.30. The molecule has 3 nitrogen and oxygen atoms in total. The number of halogens is 1. The van der Waals surface area contributed by atoms with Gasteiger partial charge >= 0.3 is 0 Å². The van der Waals surface area contributed by atoms with Crippen LogP contribution >= 0.6 is 11.3 Å². The summed E-state index contributed by atoms with van der Waals surface area (Å²) < 4.78 is 15.3. The molecule has 0 saturated carbocycles. The molecule has 2 heterocycles. The molecular weight excluding hydrogens is 261 g/mol. The van der Waals surface area contributed by atoms with Crippen LogP contribution in [-0.4, -0.2) is 9.55 Å². The van der Waals surface area contributed by atoms with Gasteiger partial charge in [-0.2, -0.15) is 0 Å². The summed E-state index contributed by atoms with van der Waals surface area (Å²) in [6.45, 7) is 2.80. The molecule has 0 radical (unpaired) electrons. The number of hydrogen-bond donors (Lipinski definition) is 1. The molecule has 0 amide bonds. The number of thiophene rings is 1. The number of nitrogens with two attached hydrogens (primary N) is 1. The normalized spacial score (nSPS) is 13.0. The summed E-state index contributed by atoms with van der Waals surface area (Å²) in [6.07, 6.45) is 0. The zero-order chi connectivity index (χ0) is 13.4. The molecule has 0 fully saturated rings. The molecule has 1 aromatic carbocycles. The van der Waals surface area contributed by atoms with Crippen LogP contribution in [0, 0.1) is 5.82 Å². The lowest BCUT2D eigenvalue weighted by Crippen LogP contribution is -2.16. The van der Waals surface area contributed by atoms with Crippen molar-refractivity contribution in [2.24, 2.45) is 5.73 Å². The smallest absolute Gasteiger partial charge is 0.132 e. The maximum absolute atomic E-state index is 13.3. The van der Waals surface area contributed by atoms with Gasteiger partial charge in [0.05, 0.1) is 17.1 Å². The largest absolute Gasteiger partial charge is 0.327 e. The Kier molecular flexibility index (Phi) is 3.08. The van der Waals surface area contributed by atoms with Gasteiger partial charge in [0.1, 0.15) is 11.6 Å². The van der Waals surface area contributed by atoms with Gasteiger partial charge in [-0.25, -0.2) is 9.37 Å². The van der Waals surface area contributed by atoms with Crippen LogP contribution < -0.4 is 5.73 Å². The van der Waals surface area contributed by atoms with Crippen molar-refractivity contribution in [1.29, 1.82) is 0 Å². The van der Waals surface area contributed by atoms with Gasteiger partial charge in [-0.1, -0.05) is 6.07 Å². The third-order valence-electron chi connectivity index (χ3n) is 3.18. The Labute approximate surface area is 114 Å². The Morgan fingerprint density at radius 2 is 2.26 bits per heavy atom. The molecule has 0 aliphatic rings. The molecule has 0 spiro atoms. The number of rotatable bonds is 3. The van der Waals surface area contributed by atoms with Crippen molar-refractivity contribution in [2.75, 3.05) is 0 Å². The fraction of sp³-hybridized carbons (Fsp3) is 0.214. The highest BCUT2D eigenvalue weighted by atomic mass is 32.1. The molecule has 0 bridgehead atoms. The Balaban J connectivity index is 2.17. The van der Waals surface area contributed by atoms with E-state index in [9.17, 15) is 4.39 Å². The Hall–Kier alpha value is -1.72. The summed E-state index contributed by atoms with van der Waals surface area (Å²) in [5.41, 5.74) is 7.85. The summed E-state index contributed by atoms with van der Waals surface area (Å²) in [5, 5.41) is 1.99. The number of benzene rings is 1. The standard InChI is InChI=1S/C14H14FN3S/c1-2-18-11-6-5-9(15)8-10(11)17-14(18)13(16)12-4-3-7-19-12/h3-8,13H,2,16H2,1H3. The van der Waals surface area contributed by atoms with Crippen LogP contribution in [0.4, 0.5) is 4.39 Å². The summed E-state index contributed by atoms with van der Waals surface area (Å²) in [5.74, 6) is 0.509. The van der Waals surface area contributed by atoms with Gasteiger partial charge in [-0.15, -0.1) is 11.3 Å². The fourth-order valence-corrected chi connectivity index (χ4v) is 3.01. The number of fused-ring (bicyclic) bond motifs is 1.